The van der Waals surface area contributed by atoms with E-state index in [0.29, 0.717) is 11.8 Å². The average Bonchev–Trinajstić information content (AvgIpc) is 3.68. The fraction of sp³-hybridized carbons (Fsp3) is 0.246. The summed E-state index contributed by atoms with van der Waals surface area (Å²) in [5, 5.41) is 0. The minimum Gasteiger partial charge on any atom is -0.311 e. The average molecular weight is 929 g/mol. The predicted octanol–water partition coefficient (Wildman–Crippen LogP) is 20.4. The molecule has 0 fully saturated rings. The van der Waals surface area contributed by atoms with E-state index in [1.54, 1.807) is 0 Å². The highest BCUT2D eigenvalue weighted by Crippen LogP contribution is 2.57. The second-order valence-corrected chi connectivity index (χ2v) is 19.8. The molecule has 0 aromatic heterocycles. The molecule has 0 heterocycles. The van der Waals surface area contributed by atoms with E-state index in [4.69, 9.17) is 0 Å². The van der Waals surface area contributed by atoms with Crippen LogP contribution in [0.25, 0.3) is 35.4 Å². The molecule has 0 bridgehead atoms. The minimum atomic E-state index is -0.0683. The van der Waals surface area contributed by atoms with Gasteiger partial charge in [-0.1, -0.05) is 237 Å². The van der Waals surface area contributed by atoms with Gasteiger partial charge in [-0.25, -0.2) is 0 Å². The highest BCUT2D eigenvalue weighted by atomic mass is 15.1. The predicted molar refractivity (Wildman–Crippen MR) is 309 cm³/mol. The fourth-order valence-electron chi connectivity index (χ4n) is 11.2. The van der Waals surface area contributed by atoms with E-state index < -0.39 is 0 Å². The van der Waals surface area contributed by atoms with Crippen LogP contribution in [0.2, 0.25) is 0 Å². The van der Waals surface area contributed by atoms with E-state index in [1.165, 1.54) is 109 Å². The summed E-state index contributed by atoms with van der Waals surface area (Å²) in [4.78, 5) is 4.65. The van der Waals surface area contributed by atoms with Gasteiger partial charge in [0, 0.05) is 39.5 Å². The summed E-state index contributed by atoms with van der Waals surface area (Å²) in [6, 6.07) is 75.4. The summed E-state index contributed by atoms with van der Waals surface area (Å²) in [5.41, 5.74) is 17.6. The lowest BCUT2D eigenvalue weighted by Gasteiger charge is -2.39. The fourth-order valence-corrected chi connectivity index (χ4v) is 11.2. The molecule has 8 aromatic carbocycles. The first kappa shape index (κ1) is 48.8. The van der Waals surface area contributed by atoms with Crippen molar-refractivity contribution in [3.8, 4) is 11.1 Å². The Kier molecular flexibility index (Phi) is 16.3. The summed E-state index contributed by atoms with van der Waals surface area (Å²) in [6.07, 6.45) is 21.7. The number of hydrogen-bond acceptors (Lipinski definition) is 2. The Balaban J connectivity index is 1.06. The van der Waals surface area contributed by atoms with Crippen molar-refractivity contribution in [2.45, 2.75) is 97.3 Å². The first-order chi connectivity index (χ1) is 35.0. The molecule has 358 valence electrons. The summed E-state index contributed by atoms with van der Waals surface area (Å²) in [7, 11) is 0. The summed E-state index contributed by atoms with van der Waals surface area (Å²) in [6.45, 7) is 9.58. The second-order valence-electron chi connectivity index (χ2n) is 19.8. The van der Waals surface area contributed by atoms with Crippen LogP contribution in [0.4, 0.5) is 34.1 Å². The Morgan fingerprint density at radius 3 is 0.958 bits per heavy atom. The molecule has 0 saturated carbocycles. The molecule has 0 amide bonds. The summed E-state index contributed by atoms with van der Waals surface area (Å²) >= 11 is 0. The number of fused-ring (bicyclic) bond motifs is 3. The smallest absolute Gasteiger partial charge is 0.0462 e. The van der Waals surface area contributed by atoms with Gasteiger partial charge in [0.2, 0.25) is 0 Å². The minimum absolute atomic E-state index is 0.0683. The highest BCUT2D eigenvalue weighted by molar-refractivity contribution is 5.86. The number of hydrogen-bond donors (Lipinski definition) is 0. The molecule has 0 spiro atoms. The van der Waals surface area contributed by atoms with Gasteiger partial charge in [-0.15, -0.1) is 0 Å². The van der Waals surface area contributed by atoms with E-state index in [9.17, 15) is 0 Å². The van der Waals surface area contributed by atoms with Crippen LogP contribution >= 0.6 is 0 Å². The van der Waals surface area contributed by atoms with Gasteiger partial charge in [-0.3, -0.25) is 0 Å². The van der Waals surface area contributed by atoms with Gasteiger partial charge >= 0.3 is 0 Å². The van der Waals surface area contributed by atoms with Gasteiger partial charge < -0.3 is 9.80 Å². The second kappa shape index (κ2) is 23.6. The third-order valence-corrected chi connectivity index (χ3v) is 15.1. The molecule has 1 aliphatic carbocycles. The van der Waals surface area contributed by atoms with Crippen molar-refractivity contribution in [3.05, 3.63) is 240 Å². The molecule has 0 N–H and O–H groups in total. The van der Waals surface area contributed by atoms with E-state index in [1.807, 2.05) is 0 Å². The molecule has 0 radical (unpaired) electrons. The third kappa shape index (κ3) is 11.4. The third-order valence-electron chi connectivity index (χ3n) is 15.1. The molecule has 0 saturated heterocycles. The summed E-state index contributed by atoms with van der Waals surface area (Å²) in [5.74, 6) is 1.32. The van der Waals surface area contributed by atoms with Gasteiger partial charge in [0.05, 0.1) is 0 Å². The van der Waals surface area contributed by atoms with E-state index >= 15 is 0 Å². The Bertz CT molecular complexity index is 2670. The Hall–Kier alpha value is -7.16. The normalized spacial score (nSPS) is 14.9. The van der Waals surface area contributed by atoms with E-state index in [0.717, 1.165) is 34.1 Å². The molecule has 1 aliphatic rings. The zero-order valence-corrected chi connectivity index (χ0v) is 42.6. The molecular weight excluding hydrogens is 857 g/mol. The van der Waals surface area contributed by atoms with Crippen LogP contribution in [0.15, 0.2) is 206 Å². The molecule has 0 aliphatic heterocycles. The molecule has 2 nitrogen and oxygen atoms in total. The van der Waals surface area contributed by atoms with E-state index in [2.05, 4.69) is 268 Å². The van der Waals surface area contributed by atoms with Crippen LogP contribution in [-0.2, 0) is 5.41 Å². The number of unbranched alkanes of at least 4 members (excludes halogenated alkanes) is 2. The number of rotatable bonds is 22. The largest absolute Gasteiger partial charge is 0.311 e. The van der Waals surface area contributed by atoms with Gasteiger partial charge in [-0.2, -0.15) is 0 Å². The van der Waals surface area contributed by atoms with Crippen molar-refractivity contribution in [1.82, 2.24) is 0 Å². The van der Waals surface area contributed by atoms with Gasteiger partial charge in [0.1, 0.15) is 0 Å². The number of nitrogens with zero attached hydrogens (tertiary/aromatic N) is 2. The SMILES string of the molecule is CCCCC(CC)CC1(CC(CC)CCCC)c2cc(C=Cc3ccc(N(c4ccccc4)c4ccccc4)cc3)ccc2-c2ccc(C=Cc3ccc(N(c4ccccc4)c4ccccc4)cc3)cc21. The molecular formula is C69H72N2. The van der Waals surface area contributed by atoms with Gasteiger partial charge in [0.25, 0.3) is 0 Å². The first-order valence-corrected chi connectivity index (χ1v) is 26.7. The molecule has 9 rings (SSSR count). The van der Waals surface area contributed by atoms with Crippen molar-refractivity contribution >= 4 is 58.4 Å². The monoisotopic (exact) mass is 929 g/mol. The van der Waals surface area contributed by atoms with Gasteiger partial charge in [-0.05, 0) is 142 Å². The van der Waals surface area contributed by atoms with Crippen molar-refractivity contribution < 1.29 is 0 Å². The van der Waals surface area contributed by atoms with Crippen LogP contribution < -0.4 is 9.80 Å². The lowest BCUT2D eigenvalue weighted by molar-refractivity contribution is 0.266. The topological polar surface area (TPSA) is 6.48 Å². The Labute approximate surface area is 426 Å². The molecule has 2 unspecified atom stereocenters. The van der Waals surface area contributed by atoms with Crippen LogP contribution in [0.5, 0.6) is 0 Å². The van der Waals surface area contributed by atoms with E-state index in [-0.39, 0.29) is 5.41 Å². The summed E-state index contributed by atoms with van der Waals surface area (Å²) < 4.78 is 0. The zero-order valence-electron chi connectivity index (χ0n) is 42.6. The van der Waals surface area contributed by atoms with Crippen molar-refractivity contribution in [2.75, 3.05) is 9.80 Å². The maximum atomic E-state index is 2.58. The highest BCUT2D eigenvalue weighted by Gasteiger charge is 2.45. The maximum absolute atomic E-state index is 2.58. The molecule has 71 heavy (non-hydrogen) atoms. The number of para-hydroxylation sites is 4. The van der Waals surface area contributed by atoms with Crippen LogP contribution in [0.1, 0.15) is 125 Å². The number of anilines is 6. The van der Waals surface area contributed by atoms with Crippen molar-refractivity contribution in [3.63, 3.8) is 0 Å². The maximum Gasteiger partial charge on any atom is 0.0462 e. The van der Waals surface area contributed by atoms with Crippen LogP contribution in [0.3, 0.4) is 0 Å². The zero-order chi connectivity index (χ0) is 48.8. The van der Waals surface area contributed by atoms with Crippen molar-refractivity contribution in [1.29, 1.82) is 0 Å². The first-order valence-electron chi connectivity index (χ1n) is 26.7. The Morgan fingerprint density at radius 1 is 0.352 bits per heavy atom. The molecule has 2 atom stereocenters. The number of benzene rings is 8. The van der Waals surface area contributed by atoms with Gasteiger partial charge in [0.15, 0.2) is 0 Å². The molecule has 2 heteroatoms. The molecule has 8 aromatic rings. The lowest BCUT2D eigenvalue weighted by Crippen LogP contribution is -2.31. The lowest BCUT2D eigenvalue weighted by atomic mass is 9.65. The van der Waals surface area contributed by atoms with Crippen LogP contribution in [0, 0.1) is 11.8 Å². The van der Waals surface area contributed by atoms with Crippen molar-refractivity contribution in [2.24, 2.45) is 11.8 Å². The quantitative estimate of drug-likeness (QED) is 0.0625. The standard InChI is InChI=1S/C69H72N2/c1-5-9-23-53(7-3)51-69(52-54(8-4)24-10-6-2)67-49-57(35-33-55-37-43-63(44-38-55)70(59-25-15-11-16-26-59)60-27-17-12-18-28-60)41-47-65(67)66-48-42-58(50-68(66)69)36-34-56-39-45-64(46-40-56)71(61-29-19-13-20-30-61)62-31-21-14-22-32-62/h11-22,25-50,53-54H,5-10,23-24,51-52H2,1-4H3. The Morgan fingerprint density at radius 2 is 0.648 bits per heavy atom. The van der Waals surface area contributed by atoms with Crippen LogP contribution in [-0.4, -0.2) is 0 Å².